The van der Waals surface area contributed by atoms with E-state index in [1.807, 2.05) is 0 Å². The molecule has 0 bridgehead atoms. The standard InChI is InChI=1S/C10H19O2/c1-4-10(9(2)3)6-5-7-12-8-11/h9-10H,4-7H2,1-3H3. The lowest BCUT2D eigenvalue weighted by atomic mass is 9.89. The van der Waals surface area contributed by atoms with Crippen LogP contribution < -0.4 is 0 Å². The van der Waals surface area contributed by atoms with Crippen molar-refractivity contribution in [3.05, 3.63) is 0 Å². The Kier molecular flexibility index (Phi) is 6.82. The fraction of sp³-hybridized carbons (Fsp3) is 0.900. The molecule has 0 aliphatic rings. The minimum atomic E-state index is 0.521. The molecule has 0 spiro atoms. The molecule has 2 nitrogen and oxygen atoms in total. The van der Waals surface area contributed by atoms with Gasteiger partial charge in [0, 0.05) is 0 Å². The number of rotatable bonds is 7. The van der Waals surface area contributed by atoms with Crippen molar-refractivity contribution in [1.82, 2.24) is 0 Å². The topological polar surface area (TPSA) is 26.3 Å². The minimum absolute atomic E-state index is 0.521. The smallest absolute Gasteiger partial charge is 0.417 e. The number of ether oxygens (including phenoxy) is 1. The summed E-state index contributed by atoms with van der Waals surface area (Å²) in [7, 11) is 0. The Balaban J connectivity index is 3.38. The molecule has 12 heavy (non-hydrogen) atoms. The molecule has 0 aromatic rings. The summed E-state index contributed by atoms with van der Waals surface area (Å²) in [6, 6.07) is 0. The molecule has 0 rings (SSSR count). The fourth-order valence-corrected chi connectivity index (χ4v) is 1.47. The Labute approximate surface area is 75.3 Å². The summed E-state index contributed by atoms with van der Waals surface area (Å²) in [5, 5.41) is 0. The predicted molar refractivity (Wildman–Crippen MR) is 49.5 cm³/mol. The average molecular weight is 171 g/mol. The van der Waals surface area contributed by atoms with Crippen LogP contribution in [0.15, 0.2) is 0 Å². The number of carbonyl (C=O) groups excluding carboxylic acids is 1. The summed E-state index contributed by atoms with van der Waals surface area (Å²) in [6.45, 7) is 8.64. The van der Waals surface area contributed by atoms with Gasteiger partial charge in [-0.05, 0) is 24.7 Å². The van der Waals surface area contributed by atoms with Gasteiger partial charge in [-0.2, -0.15) is 0 Å². The monoisotopic (exact) mass is 171 g/mol. The Morgan fingerprint density at radius 1 is 1.42 bits per heavy atom. The third kappa shape index (κ3) is 5.16. The Bertz CT molecular complexity index is 110. The number of hydrogen-bond acceptors (Lipinski definition) is 2. The van der Waals surface area contributed by atoms with Crippen molar-refractivity contribution in [2.75, 3.05) is 6.61 Å². The fourth-order valence-electron chi connectivity index (χ4n) is 1.47. The highest BCUT2D eigenvalue weighted by molar-refractivity contribution is 5.37. The molecule has 0 aliphatic heterocycles. The van der Waals surface area contributed by atoms with Crippen LogP contribution in [0.5, 0.6) is 0 Å². The predicted octanol–water partition coefficient (Wildman–Crippen LogP) is 2.53. The van der Waals surface area contributed by atoms with E-state index in [4.69, 9.17) is 0 Å². The zero-order valence-electron chi connectivity index (χ0n) is 8.30. The summed E-state index contributed by atoms with van der Waals surface area (Å²) < 4.78 is 4.50. The van der Waals surface area contributed by atoms with E-state index in [9.17, 15) is 4.79 Å². The highest BCUT2D eigenvalue weighted by Gasteiger charge is 2.09. The lowest BCUT2D eigenvalue weighted by Crippen LogP contribution is -2.08. The Hall–Kier alpha value is -0.530. The van der Waals surface area contributed by atoms with E-state index in [0.29, 0.717) is 6.61 Å². The first-order valence-corrected chi connectivity index (χ1v) is 4.71. The van der Waals surface area contributed by atoms with E-state index in [1.54, 1.807) is 0 Å². The van der Waals surface area contributed by atoms with E-state index >= 15 is 0 Å². The zero-order chi connectivity index (χ0) is 9.40. The van der Waals surface area contributed by atoms with Crippen molar-refractivity contribution < 1.29 is 9.53 Å². The molecular formula is C10H19O2. The minimum Gasteiger partial charge on any atom is -0.457 e. The van der Waals surface area contributed by atoms with Crippen LogP contribution in [-0.2, 0) is 9.53 Å². The average Bonchev–Trinajstić information content (AvgIpc) is 2.04. The highest BCUT2D eigenvalue weighted by Crippen LogP contribution is 2.20. The second kappa shape index (κ2) is 7.14. The van der Waals surface area contributed by atoms with E-state index in [-0.39, 0.29) is 0 Å². The first-order valence-electron chi connectivity index (χ1n) is 4.71. The molecule has 0 N–H and O–H groups in total. The molecule has 1 atom stereocenters. The molecule has 0 amide bonds. The van der Waals surface area contributed by atoms with Crippen LogP contribution in [0.25, 0.3) is 0 Å². The maximum Gasteiger partial charge on any atom is 0.417 e. The van der Waals surface area contributed by atoms with Crippen LogP contribution in [-0.4, -0.2) is 13.1 Å². The van der Waals surface area contributed by atoms with Gasteiger partial charge in [0.2, 0.25) is 0 Å². The van der Waals surface area contributed by atoms with Gasteiger partial charge in [0.05, 0.1) is 6.61 Å². The normalized spacial score (nSPS) is 13.0. The molecule has 0 aromatic carbocycles. The van der Waals surface area contributed by atoms with Crippen LogP contribution in [0.1, 0.15) is 40.0 Å². The Morgan fingerprint density at radius 2 is 2.08 bits per heavy atom. The summed E-state index contributed by atoms with van der Waals surface area (Å²) in [4.78, 5) is 9.71. The van der Waals surface area contributed by atoms with E-state index in [2.05, 4.69) is 25.5 Å². The van der Waals surface area contributed by atoms with Gasteiger partial charge < -0.3 is 4.74 Å². The van der Waals surface area contributed by atoms with Gasteiger partial charge in [-0.15, -0.1) is 0 Å². The zero-order valence-corrected chi connectivity index (χ0v) is 8.30. The molecule has 71 valence electrons. The maximum atomic E-state index is 9.71. The van der Waals surface area contributed by atoms with Gasteiger partial charge >= 0.3 is 6.47 Å². The van der Waals surface area contributed by atoms with Crippen LogP contribution >= 0.6 is 0 Å². The molecule has 0 aliphatic carbocycles. The van der Waals surface area contributed by atoms with Crippen LogP contribution in [0, 0.1) is 11.8 Å². The van der Waals surface area contributed by atoms with Gasteiger partial charge in [0.1, 0.15) is 0 Å². The molecule has 0 saturated carbocycles. The van der Waals surface area contributed by atoms with Crippen molar-refractivity contribution in [1.29, 1.82) is 0 Å². The third-order valence-corrected chi connectivity index (χ3v) is 2.35. The first-order chi connectivity index (χ1) is 5.72. The summed E-state index contributed by atoms with van der Waals surface area (Å²) in [5.74, 6) is 1.50. The lowest BCUT2D eigenvalue weighted by Gasteiger charge is -2.17. The second-order valence-corrected chi connectivity index (χ2v) is 3.49. The van der Waals surface area contributed by atoms with Crippen molar-refractivity contribution >= 4 is 6.47 Å². The van der Waals surface area contributed by atoms with Gasteiger partial charge in [-0.3, -0.25) is 0 Å². The van der Waals surface area contributed by atoms with Crippen LogP contribution in [0.3, 0.4) is 0 Å². The summed E-state index contributed by atoms with van der Waals surface area (Å²) in [5.41, 5.74) is 0. The molecule has 0 aromatic heterocycles. The van der Waals surface area contributed by atoms with Crippen LogP contribution in [0.2, 0.25) is 0 Å². The highest BCUT2D eigenvalue weighted by atomic mass is 16.5. The molecule has 0 saturated heterocycles. The molecule has 0 fully saturated rings. The largest absolute Gasteiger partial charge is 0.457 e. The quantitative estimate of drug-likeness (QED) is 0.550. The van der Waals surface area contributed by atoms with Crippen molar-refractivity contribution in [2.24, 2.45) is 11.8 Å². The van der Waals surface area contributed by atoms with Gasteiger partial charge in [-0.25, -0.2) is 4.79 Å². The van der Waals surface area contributed by atoms with Crippen LogP contribution in [0.4, 0.5) is 0 Å². The SMILES string of the molecule is CCC(CCCO[C]=O)C(C)C. The summed E-state index contributed by atoms with van der Waals surface area (Å²) >= 11 is 0. The van der Waals surface area contributed by atoms with Crippen molar-refractivity contribution in [3.63, 3.8) is 0 Å². The van der Waals surface area contributed by atoms with Crippen molar-refractivity contribution in [2.45, 2.75) is 40.0 Å². The van der Waals surface area contributed by atoms with E-state index < -0.39 is 0 Å². The second-order valence-electron chi connectivity index (χ2n) is 3.49. The molecule has 1 radical (unpaired) electrons. The molecule has 2 heteroatoms. The van der Waals surface area contributed by atoms with Crippen molar-refractivity contribution in [3.8, 4) is 0 Å². The summed E-state index contributed by atoms with van der Waals surface area (Å²) in [6.07, 6.45) is 3.32. The molecular weight excluding hydrogens is 152 g/mol. The first kappa shape index (κ1) is 11.5. The van der Waals surface area contributed by atoms with Gasteiger partial charge in [-0.1, -0.05) is 27.2 Å². The number of hydrogen-bond donors (Lipinski definition) is 0. The maximum absolute atomic E-state index is 9.71. The van der Waals surface area contributed by atoms with Gasteiger partial charge in [0.25, 0.3) is 0 Å². The third-order valence-electron chi connectivity index (χ3n) is 2.35. The Morgan fingerprint density at radius 3 is 2.50 bits per heavy atom. The van der Waals surface area contributed by atoms with E-state index in [0.717, 1.165) is 24.7 Å². The molecule has 1 unspecified atom stereocenters. The van der Waals surface area contributed by atoms with Gasteiger partial charge in [0.15, 0.2) is 0 Å². The lowest BCUT2D eigenvalue weighted by molar-refractivity contribution is 0.246. The molecule has 0 heterocycles. The van der Waals surface area contributed by atoms with E-state index in [1.165, 1.54) is 12.9 Å².